The molecule has 0 saturated carbocycles. The first-order valence-electron chi connectivity index (χ1n) is 6.84. The van der Waals surface area contributed by atoms with Gasteiger partial charge in [-0.15, -0.1) is 0 Å². The summed E-state index contributed by atoms with van der Waals surface area (Å²) in [5, 5.41) is 0. The average Bonchev–Trinajstić information content (AvgIpc) is 2.35. The molecule has 1 fully saturated rings. The third kappa shape index (κ3) is 4.28. The van der Waals surface area contributed by atoms with Crippen molar-refractivity contribution >= 4 is 5.91 Å². The molecule has 1 saturated heterocycles. The highest BCUT2D eigenvalue weighted by Crippen LogP contribution is 2.09. The molecule has 0 aliphatic carbocycles. The van der Waals surface area contributed by atoms with E-state index in [9.17, 15) is 4.79 Å². The van der Waals surface area contributed by atoms with E-state index in [1.807, 2.05) is 4.90 Å². The predicted octanol–water partition coefficient (Wildman–Crippen LogP) is 1.06. The second-order valence-electron chi connectivity index (χ2n) is 5.20. The highest BCUT2D eigenvalue weighted by atomic mass is 16.2. The fourth-order valence-electron chi connectivity index (χ4n) is 2.24. The Morgan fingerprint density at radius 1 is 1.24 bits per heavy atom. The van der Waals surface area contributed by atoms with Crippen molar-refractivity contribution in [2.45, 2.75) is 52.1 Å². The van der Waals surface area contributed by atoms with Crippen molar-refractivity contribution in [3.63, 3.8) is 0 Å². The summed E-state index contributed by atoms with van der Waals surface area (Å²) in [6.45, 7) is 10.1. The van der Waals surface area contributed by atoms with E-state index in [2.05, 4.69) is 25.7 Å². The highest BCUT2D eigenvalue weighted by molar-refractivity contribution is 5.81. The van der Waals surface area contributed by atoms with E-state index in [4.69, 9.17) is 5.73 Å². The second-order valence-corrected chi connectivity index (χ2v) is 5.20. The monoisotopic (exact) mass is 241 g/mol. The molecule has 1 heterocycles. The zero-order chi connectivity index (χ0) is 12.8. The van der Waals surface area contributed by atoms with Gasteiger partial charge in [-0.3, -0.25) is 9.69 Å². The smallest absolute Gasteiger partial charge is 0.239 e. The van der Waals surface area contributed by atoms with Crippen LogP contribution in [0.2, 0.25) is 0 Å². The van der Waals surface area contributed by atoms with E-state index in [1.54, 1.807) is 0 Å². The minimum absolute atomic E-state index is 0.141. The zero-order valence-corrected chi connectivity index (χ0v) is 11.5. The topological polar surface area (TPSA) is 49.6 Å². The summed E-state index contributed by atoms with van der Waals surface area (Å²) in [6.07, 6.45) is 2.96. The molecule has 4 nitrogen and oxygen atoms in total. The fourth-order valence-corrected chi connectivity index (χ4v) is 2.24. The Morgan fingerprint density at radius 3 is 2.29 bits per heavy atom. The van der Waals surface area contributed by atoms with Crippen LogP contribution in [0.4, 0.5) is 0 Å². The van der Waals surface area contributed by atoms with E-state index in [0.717, 1.165) is 45.4 Å². The number of unbranched alkanes of at least 4 members (excludes halogenated alkanes) is 1. The molecule has 17 heavy (non-hydrogen) atoms. The molecule has 1 amide bonds. The largest absolute Gasteiger partial charge is 0.339 e. The van der Waals surface area contributed by atoms with Gasteiger partial charge in [0.25, 0.3) is 0 Å². The summed E-state index contributed by atoms with van der Waals surface area (Å²) < 4.78 is 0. The number of piperazine rings is 1. The van der Waals surface area contributed by atoms with Crippen LogP contribution in [0.15, 0.2) is 0 Å². The number of hydrogen-bond donors (Lipinski definition) is 1. The lowest BCUT2D eigenvalue weighted by molar-refractivity contribution is -0.134. The van der Waals surface area contributed by atoms with Crippen LogP contribution in [0.1, 0.15) is 40.0 Å². The standard InChI is InChI=1S/C13H27N3O/c1-4-5-6-12(14)13(17)16-9-7-15(8-10-16)11(2)3/h11-12H,4-10,14H2,1-3H3/t12-/m0/s1. The SMILES string of the molecule is CCCC[C@H](N)C(=O)N1CCN(C(C)C)CC1. The normalized spacial score (nSPS) is 19.7. The van der Waals surface area contributed by atoms with Crippen molar-refractivity contribution in [2.75, 3.05) is 26.2 Å². The summed E-state index contributed by atoms with van der Waals surface area (Å²) in [5.74, 6) is 0.141. The molecule has 4 heteroatoms. The van der Waals surface area contributed by atoms with Gasteiger partial charge in [-0.1, -0.05) is 19.8 Å². The molecule has 2 N–H and O–H groups in total. The Bertz CT molecular complexity index is 235. The predicted molar refractivity (Wildman–Crippen MR) is 70.8 cm³/mol. The Labute approximate surface area is 105 Å². The minimum atomic E-state index is -0.291. The van der Waals surface area contributed by atoms with Crippen molar-refractivity contribution in [2.24, 2.45) is 5.73 Å². The average molecular weight is 241 g/mol. The minimum Gasteiger partial charge on any atom is -0.339 e. The molecule has 0 aromatic carbocycles. The van der Waals surface area contributed by atoms with Gasteiger partial charge in [-0.2, -0.15) is 0 Å². The molecule has 0 aromatic rings. The molecular weight excluding hydrogens is 214 g/mol. The Morgan fingerprint density at radius 2 is 1.82 bits per heavy atom. The first kappa shape index (κ1) is 14.5. The lowest BCUT2D eigenvalue weighted by atomic mass is 10.1. The van der Waals surface area contributed by atoms with Gasteiger partial charge in [0.05, 0.1) is 6.04 Å². The van der Waals surface area contributed by atoms with Crippen LogP contribution in [0.25, 0.3) is 0 Å². The van der Waals surface area contributed by atoms with Gasteiger partial charge in [-0.25, -0.2) is 0 Å². The van der Waals surface area contributed by atoms with Crippen molar-refractivity contribution < 1.29 is 4.79 Å². The molecule has 0 spiro atoms. The van der Waals surface area contributed by atoms with Crippen molar-refractivity contribution in [1.29, 1.82) is 0 Å². The number of rotatable bonds is 5. The molecule has 0 radical (unpaired) electrons. The maximum atomic E-state index is 12.1. The summed E-state index contributed by atoms with van der Waals surface area (Å²) in [7, 11) is 0. The fraction of sp³-hybridized carbons (Fsp3) is 0.923. The van der Waals surface area contributed by atoms with E-state index in [0.29, 0.717) is 6.04 Å². The molecule has 0 bridgehead atoms. The van der Waals surface area contributed by atoms with Crippen LogP contribution in [0, 0.1) is 0 Å². The van der Waals surface area contributed by atoms with Crippen LogP contribution in [-0.4, -0.2) is 54.0 Å². The third-order valence-corrected chi connectivity index (χ3v) is 3.54. The molecule has 1 atom stereocenters. The lowest BCUT2D eigenvalue weighted by Crippen LogP contribution is -2.54. The summed E-state index contributed by atoms with van der Waals surface area (Å²) in [6, 6.07) is 0.279. The van der Waals surface area contributed by atoms with Gasteiger partial charge in [0.15, 0.2) is 0 Å². The van der Waals surface area contributed by atoms with Gasteiger partial charge in [0.1, 0.15) is 0 Å². The molecule has 0 unspecified atom stereocenters. The van der Waals surface area contributed by atoms with Gasteiger partial charge in [0, 0.05) is 32.2 Å². The summed E-state index contributed by atoms with van der Waals surface area (Å²) in [4.78, 5) is 16.4. The molecular formula is C13H27N3O. The molecule has 0 aromatic heterocycles. The van der Waals surface area contributed by atoms with Crippen molar-refractivity contribution in [3.8, 4) is 0 Å². The number of amides is 1. The first-order valence-corrected chi connectivity index (χ1v) is 6.84. The van der Waals surface area contributed by atoms with E-state index < -0.39 is 0 Å². The maximum absolute atomic E-state index is 12.1. The van der Waals surface area contributed by atoms with Gasteiger partial charge < -0.3 is 10.6 Å². The number of carbonyl (C=O) groups is 1. The second kappa shape index (κ2) is 6.97. The first-order chi connectivity index (χ1) is 8.06. The van der Waals surface area contributed by atoms with Crippen LogP contribution < -0.4 is 5.73 Å². The molecule has 1 aliphatic heterocycles. The van der Waals surface area contributed by atoms with Crippen LogP contribution in [-0.2, 0) is 4.79 Å². The number of carbonyl (C=O) groups excluding carboxylic acids is 1. The number of nitrogens with two attached hydrogens (primary N) is 1. The van der Waals surface area contributed by atoms with E-state index in [1.165, 1.54) is 0 Å². The Hall–Kier alpha value is -0.610. The van der Waals surface area contributed by atoms with Crippen molar-refractivity contribution in [3.05, 3.63) is 0 Å². The van der Waals surface area contributed by atoms with Gasteiger partial charge in [0.2, 0.25) is 5.91 Å². The lowest BCUT2D eigenvalue weighted by Gasteiger charge is -2.37. The highest BCUT2D eigenvalue weighted by Gasteiger charge is 2.25. The van der Waals surface area contributed by atoms with E-state index in [-0.39, 0.29) is 11.9 Å². The maximum Gasteiger partial charge on any atom is 0.239 e. The van der Waals surface area contributed by atoms with Crippen LogP contribution in [0.5, 0.6) is 0 Å². The third-order valence-electron chi connectivity index (χ3n) is 3.54. The summed E-state index contributed by atoms with van der Waals surface area (Å²) >= 11 is 0. The Kier molecular flexibility index (Phi) is 5.92. The summed E-state index contributed by atoms with van der Waals surface area (Å²) in [5.41, 5.74) is 5.92. The number of hydrogen-bond acceptors (Lipinski definition) is 3. The molecule has 1 aliphatic rings. The van der Waals surface area contributed by atoms with Gasteiger partial charge >= 0.3 is 0 Å². The van der Waals surface area contributed by atoms with Crippen LogP contribution in [0.3, 0.4) is 0 Å². The van der Waals surface area contributed by atoms with Gasteiger partial charge in [-0.05, 0) is 20.3 Å². The van der Waals surface area contributed by atoms with E-state index >= 15 is 0 Å². The molecule has 100 valence electrons. The molecule has 1 rings (SSSR count). The van der Waals surface area contributed by atoms with Crippen molar-refractivity contribution in [1.82, 2.24) is 9.80 Å². The zero-order valence-electron chi connectivity index (χ0n) is 11.5. The van der Waals surface area contributed by atoms with Crippen LogP contribution >= 0.6 is 0 Å². The Balaban J connectivity index is 2.35. The number of nitrogens with zero attached hydrogens (tertiary/aromatic N) is 2. The quantitative estimate of drug-likeness (QED) is 0.783.